The molecule has 3 N–H and O–H groups in total. The molecule has 0 bridgehead atoms. The minimum absolute atomic E-state index is 0.0609. The number of carbonyl (C=O) groups is 4. The van der Waals surface area contributed by atoms with Crippen molar-refractivity contribution in [2.24, 2.45) is 0 Å². The number of carboxylic acids is 1. The Morgan fingerprint density at radius 1 is 0.466 bits per heavy atom. The number of hydrogen-bond acceptors (Lipinski definition) is 11. The summed E-state index contributed by atoms with van der Waals surface area (Å²) < 4.78 is 28.4. The van der Waals surface area contributed by atoms with Gasteiger partial charge in [0.2, 0.25) is 0 Å². The maximum Gasteiger partial charge on any atom is 0.335 e. The van der Waals surface area contributed by atoms with E-state index in [1.807, 2.05) is 0 Å². The molecule has 1 aliphatic rings. The molecule has 12 heteroatoms. The van der Waals surface area contributed by atoms with Crippen molar-refractivity contribution in [1.29, 1.82) is 0 Å². The molecule has 73 heavy (non-hydrogen) atoms. The smallest absolute Gasteiger partial charge is 0.335 e. The number of allylic oxidation sites excluding steroid dienone is 8. The summed E-state index contributed by atoms with van der Waals surface area (Å²) in [6.07, 6.45) is 46.6. The number of ether oxygens (including phenoxy) is 5. The Labute approximate surface area is 443 Å². The number of esters is 3. The number of rotatable bonds is 50. The standard InChI is InChI=1S/C61H106O12/c1-4-7-10-13-16-19-22-24-26-27-29-30-33-35-38-41-44-47-53(62)69-50-52(71-54(63)48-45-42-39-37-34-31-28-25-23-20-17-14-11-8-5-2)51-70-61-59(57(66)56(65)58(73-61)60(67)68)72-55(64)49-46-43-40-36-32-21-18-15-12-9-6-3/h8,11,17,20,24-26,28,52,56-59,61,65-66H,4-7,9-10,12-16,18-19,21-23,27,29-51H2,1-3H3,(H,67,68)/b11-8-,20-17-,26-24-,28-25-. The molecule has 12 nitrogen and oxygen atoms in total. The largest absolute Gasteiger partial charge is 0.479 e. The fraction of sp³-hybridized carbons (Fsp3) is 0.803. The Morgan fingerprint density at radius 3 is 1.33 bits per heavy atom. The molecule has 1 aliphatic heterocycles. The highest BCUT2D eigenvalue weighted by Gasteiger charge is 2.50. The molecular weight excluding hydrogens is 925 g/mol. The van der Waals surface area contributed by atoms with Crippen molar-refractivity contribution < 1.29 is 58.2 Å². The van der Waals surface area contributed by atoms with Crippen LogP contribution in [0.15, 0.2) is 48.6 Å². The van der Waals surface area contributed by atoms with E-state index in [1.54, 1.807) is 0 Å². The van der Waals surface area contributed by atoms with Gasteiger partial charge in [0.1, 0.15) is 18.8 Å². The normalized spacial score (nSPS) is 18.6. The highest BCUT2D eigenvalue weighted by molar-refractivity contribution is 5.74. The summed E-state index contributed by atoms with van der Waals surface area (Å²) in [5, 5.41) is 31.4. The average molecular weight is 1030 g/mol. The average Bonchev–Trinajstić information content (AvgIpc) is 3.37. The van der Waals surface area contributed by atoms with E-state index in [-0.39, 0.29) is 25.9 Å². The second-order valence-electron chi connectivity index (χ2n) is 20.3. The van der Waals surface area contributed by atoms with Crippen LogP contribution in [0.5, 0.6) is 0 Å². The van der Waals surface area contributed by atoms with Crippen LogP contribution in [0.4, 0.5) is 0 Å². The lowest BCUT2D eigenvalue weighted by Gasteiger charge is -2.40. The number of hydrogen-bond donors (Lipinski definition) is 3. The maximum absolute atomic E-state index is 13.1. The second kappa shape index (κ2) is 49.6. The Bertz CT molecular complexity index is 1460. The molecule has 422 valence electrons. The van der Waals surface area contributed by atoms with Gasteiger partial charge in [-0.3, -0.25) is 14.4 Å². The van der Waals surface area contributed by atoms with Gasteiger partial charge in [0.05, 0.1) is 6.61 Å². The zero-order valence-corrected chi connectivity index (χ0v) is 46.4. The van der Waals surface area contributed by atoms with Crippen LogP contribution < -0.4 is 0 Å². The van der Waals surface area contributed by atoms with Gasteiger partial charge in [-0.25, -0.2) is 4.79 Å². The Morgan fingerprint density at radius 2 is 0.863 bits per heavy atom. The number of unbranched alkanes of at least 4 members (excludes halogenated alkanes) is 28. The highest BCUT2D eigenvalue weighted by Crippen LogP contribution is 2.26. The van der Waals surface area contributed by atoms with E-state index in [4.69, 9.17) is 23.7 Å². The van der Waals surface area contributed by atoms with Gasteiger partial charge >= 0.3 is 23.9 Å². The van der Waals surface area contributed by atoms with Crippen molar-refractivity contribution >= 4 is 23.9 Å². The van der Waals surface area contributed by atoms with Crippen LogP contribution in [0.2, 0.25) is 0 Å². The molecule has 0 saturated carbocycles. The van der Waals surface area contributed by atoms with Gasteiger partial charge < -0.3 is 39.0 Å². The van der Waals surface area contributed by atoms with Crippen LogP contribution >= 0.6 is 0 Å². The molecule has 1 heterocycles. The van der Waals surface area contributed by atoms with Crippen molar-refractivity contribution in [2.75, 3.05) is 13.2 Å². The summed E-state index contributed by atoms with van der Waals surface area (Å²) in [5.41, 5.74) is 0. The molecule has 1 saturated heterocycles. The van der Waals surface area contributed by atoms with E-state index in [0.717, 1.165) is 103 Å². The molecule has 0 aromatic carbocycles. The number of aliphatic carboxylic acids is 1. The van der Waals surface area contributed by atoms with Gasteiger partial charge in [0.15, 0.2) is 24.6 Å². The predicted octanol–water partition coefficient (Wildman–Crippen LogP) is 15.0. The van der Waals surface area contributed by atoms with Crippen LogP contribution in [0.3, 0.4) is 0 Å². The topological polar surface area (TPSA) is 175 Å². The molecule has 0 amide bonds. The SMILES string of the molecule is CC/C=C\C/C=C\C/C=C\CCCCCCCC(=O)OC(COC(=O)CCCCCCCCC/C=C\CCCCCCCC)COC1OC(C(=O)O)C(O)C(O)C1OC(=O)CCCCCCCCCCCCC. The second-order valence-corrected chi connectivity index (χ2v) is 20.3. The van der Waals surface area contributed by atoms with Crippen LogP contribution in [-0.2, 0) is 42.9 Å². The summed E-state index contributed by atoms with van der Waals surface area (Å²) in [4.78, 5) is 51.1. The van der Waals surface area contributed by atoms with E-state index in [0.29, 0.717) is 19.3 Å². The summed E-state index contributed by atoms with van der Waals surface area (Å²) in [6.45, 7) is 5.86. The molecule has 1 rings (SSSR count). The molecule has 0 spiro atoms. The quantitative estimate of drug-likeness (QED) is 0.0228. The molecule has 0 radical (unpaired) electrons. The Hall–Kier alpha value is -3.32. The van der Waals surface area contributed by atoms with Crippen LogP contribution in [0, 0.1) is 0 Å². The van der Waals surface area contributed by atoms with Gasteiger partial charge in [-0.15, -0.1) is 0 Å². The maximum atomic E-state index is 13.1. The van der Waals surface area contributed by atoms with E-state index in [2.05, 4.69) is 69.4 Å². The van der Waals surface area contributed by atoms with Crippen molar-refractivity contribution in [3.8, 4) is 0 Å². The highest BCUT2D eigenvalue weighted by atomic mass is 16.7. The van der Waals surface area contributed by atoms with Crippen LogP contribution in [0.1, 0.15) is 265 Å². The van der Waals surface area contributed by atoms with Gasteiger partial charge in [-0.2, -0.15) is 0 Å². The lowest BCUT2D eigenvalue weighted by molar-refractivity contribution is -0.301. The summed E-state index contributed by atoms with van der Waals surface area (Å²) in [5.74, 6) is -3.13. The number of carbonyl (C=O) groups excluding carboxylic acids is 3. The molecule has 6 unspecified atom stereocenters. The predicted molar refractivity (Wildman–Crippen MR) is 294 cm³/mol. The van der Waals surface area contributed by atoms with Gasteiger partial charge in [0.25, 0.3) is 0 Å². The summed E-state index contributed by atoms with van der Waals surface area (Å²) in [7, 11) is 0. The van der Waals surface area contributed by atoms with Crippen LogP contribution in [-0.4, -0.2) is 89.2 Å². The first kappa shape index (κ1) is 67.7. The fourth-order valence-corrected chi connectivity index (χ4v) is 8.85. The lowest BCUT2D eigenvalue weighted by atomic mass is 9.98. The summed E-state index contributed by atoms with van der Waals surface area (Å²) >= 11 is 0. The van der Waals surface area contributed by atoms with Gasteiger partial charge in [-0.05, 0) is 77.0 Å². The molecular formula is C61H106O12. The minimum atomic E-state index is -1.90. The van der Waals surface area contributed by atoms with E-state index in [9.17, 15) is 34.5 Å². The van der Waals surface area contributed by atoms with Crippen molar-refractivity contribution in [2.45, 2.75) is 302 Å². The zero-order chi connectivity index (χ0) is 53.3. The molecule has 0 aromatic heterocycles. The van der Waals surface area contributed by atoms with E-state index < -0.39 is 67.3 Å². The molecule has 0 aliphatic carbocycles. The van der Waals surface area contributed by atoms with Crippen molar-refractivity contribution in [1.82, 2.24) is 0 Å². The Balaban J connectivity index is 2.69. The van der Waals surface area contributed by atoms with Crippen molar-refractivity contribution in [3.05, 3.63) is 48.6 Å². The zero-order valence-electron chi connectivity index (χ0n) is 46.4. The first-order valence-corrected chi connectivity index (χ1v) is 29.6. The number of carboxylic acid groups (broad SMARTS) is 1. The van der Waals surface area contributed by atoms with E-state index in [1.165, 1.54) is 103 Å². The lowest BCUT2D eigenvalue weighted by Crippen LogP contribution is -2.61. The van der Waals surface area contributed by atoms with Crippen molar-refractivity contribution in [3.63, 3.8) is 0 Å². The molecule has 0 aromatic rings. The fourth-order valence-electron chi connectivity index (χ4n) is 8.85. The monoisotopic (exact) mass is 1030 g/mol. The van der Waals surface area contributed by atoms with Gasteiger partial charge in [0, 0.05) is 19.3 Å². The third-order valence-electron chi connectivity index (χ3n) is 13.4. The molecule has 6 atom stereocenters. The van der Waals surface area contributed by atoms with Gasteiger partial charge in [-0.1, -0.05) is 217 Å². The number of aliphatic hydroxyl groups excluding tert-OH is 2. The summed E-state index contributed by atoms with van der Waals surface area (Å²) in [6, 6.07) is 0. The molecule has 1 fully saturated rings. The third-order valence-corrected chi connectivity index (χ3v) is 13.4. The van der Waals surface area contributed by atoms with E-state index >= 15 is 0 Å². The first-order valence-electron chi connectivity index (χ1n) is 29.6. The minimum Gasteiger partial charge on any atom is -0.479 e. The third kappa shape index (κ3) is 39.7. The first-order chi connectivity index (χ1) is 35.6. The Kier molecular flexibility index (Phi) is 45.9. The van der Waals surface area contributed by atoms with Crippen LogP contribution in [0.25, 0.3) is 0 Å². The number of aliphatic hydroxyl groups is 2.